The van der Waals surface area contributed by atoms with Gasteiger partial charge in [-0.3, -0.25) is 4.79 Å². The van der Waals surface area contributed by atoms with Gasteiger partial charge in [-0.1, -0.05) is 19.1 Å². The molecule has 3 nitrogen and oxygen atoms in total. The predicted octanol–water partition coefficient (Wildman–Crippen LogP) is 2.42. The number of nitrogens with one attached hydrogen (secondary N) is 2. The average molecular weight is 260 g/mol. The minimum absolute atomic E-state index is 0.0496. The second kappa shape index (κ2) is 5.74. The normalized spacial score (nSPS) is 27.1. The van der Waals surface area contributed by atoms with Crippen molar-refractivity contribution in [2.24, 2.45) is 5.92 Å². The number of piperidine rings is 1. The highest BCUT2D eigenvalue weighted by Crippen LogP contribution is 2.18. The highest BCUT2D eigenvalue weighted by molar-refractivity contribution is 5.96. The number of hydrogen-bond donors (Lipinski definition) is 2. The molecule has 1 saturated heterocycles. The maximum absolute atomic E-state index is 12.4. The summed E-state index contributed by atoms with van der Waals surface area (Å²) in [6.45, 7) is 9.45. The van der Waals surface area contributed by atoms with Crippen molar-refractivity contribution in [2.75, 3.05) is 6.54 Å². The Hall–Kier alpha value is -1.35. The largest absolute Gasteiger partial charge is 0.347 e. The minimum Gasteiger partial charge on any atom is -0.347 e. The van der Waals surface area contributed by atoms with Crippen LogP contribution in [0.2, 0.25) is 0 Å². The van der Waals surface area contributed by atoms with Gasteiger partial charge in [0.05, 0.1) is 0 Å². The second-order valence-electron chi connectivity index (χ2n) is 5.76. The first-order valence-corrected chi connectivity index (χ1v) is 7.11. The zero-order valence-electron chi connectivity index (χ0n) is 12.3. The van der Waals surface area contributed by atoms with Crippen molar-refractivity contribution in [1.82, 2.24) is 10.6 Å². The van der Waals surface area contributed by atoms with Crippen LogP contribution in [0.1, 0.15) is 41.8 Å². The van der Waals surface area contributed by atoms with E-state index in [-0.39, 0.29) is 11.9 Å². The first-order valence-electron chi connectivity index (χ1n) is 7.11. The Morgan fingerprint density at radius 3 is 2.74 bits per heavy atom. The van der Waals surface area contributed by atoms with Gasteiger partial charge in [0.25, 0.3) is 5.91 Å². The first kappa shape index (κ1) is 14.1. The average Bonchev–Trinajstić information content (AvgIpc) is 2.37. The molecule has 104 valence electrons. The summed E-state index contributed by atoms with van der Waals surface area (Å²) in [5.74, 6) is 0.568. The lowest BCUT2D eigenvalue weighted by atomic mass is 9.88. The van der Waals surface area contributed by atoms with Gasteiger partial charge in [-0.15, -0.1) is 0 Å². The number of hydrogen-bond acceptors (Lipinski definition) is 2. The van der Waals surface area contributed by atoms with Gasteiger partial charge in [0.2, 0.25) is 0 Å². The van der Waals surface area contributed by atoms with Crippen LogP contribution >= 0.6 is 0 Å². The lowest BCUT2D eigenvalue weighted by Gasteiger charge is -2.36. The molecule has 0 bridgehead atoms. The van der Waals surface area contributed by atoms with Crippen LogP contribution in [-0.2, 0) is 0 Å². The van der Waals surface area contributed by atoms with E-state index in [1.165, 1.54) is 0 Å². The Morgan fingerprint density at radius 2 is 2.05 bits per heavy atom. The summed E-state index contributed by atoms with van der Waals surface area (Å²) in [4.78, 5) is 12.4. The summed E-state index contributed by atoms with van der Waals surface area (Å²) in [5, 5.41) is 6.63. The standard InChI is InChI=1S/C16H24N2O/c1-10-6-5-7-14(12(10)3)16(19)18-15-11(2)8-9-17-13(15)4/h5-7,11,13,15,17H,8-9H2,1-4H3,(H,18,19). The Balaban J connectivity index is 2.14. The van der Waals surface area contributed by atoms with Crippen LogP contribution in [0.4, 0.5) is 0 Å². The minimum atomic E-state index is 0.0496. The number of benzene rings is 1. The van der Waals surface area contributed by atoms with Crippen LogP contribution in [0.5, 0.6) is 0 Å². The van der Waals surface area contributed by atoms with Gasteiger partial charge in [-0.25, -0.2) is 0 Å². The zero-order chi connectivity index (χ0) is 14.0. The van der Waals surface area contributed by atoms with E-state index in [4.69, 9.17) is 0 Å². The van der Waals surface area contributed by atoms with Crippen molar-refractivity contribution >= 4 is 5.91 Å². The molecule has 0 aliphatic carbocycles. The fourth-order valence-corrected chi connectivity index (χ4v) is 2.83. The summed E-state index contributed by atoms with van der Waals surface area (Å²) >= 11 is 0. The quantitative estimate of drug-likeness (QED) is 0.857. The summed E-state index contributed by atoms with van der Waals surface area (Å²) in [7, 11) is 0. The van der Waals surface area contributed by atoms with Gasteiger partial charge >= 0.3 is 0 Å². The van der Waals surface area contributed by atoms with E-state index >= 15 is 0 Å². The van der Waals surface area contributed by atoms with Crippen LogP contribution in [0.15, 0.2) is 18.2 Å². The summed E-state index contributed by atoms with van der Waals surface area (Å²) < 4.78 is 0. The van der Waals surface area contributed by atoms with Crippen LogP contribution < -0.4 is 10.6 Å². The Kier molecular flexibility index (Phi) is 4.25. The molecule has 1 heterocycles. The molecule has 2 rings (SSSR count). The van der Waals surface area contributed by atoms with E-state index in [0.29, 0.717) is 12.0 Å². The molecule has 1 amide bonds. The number of carbonyl (C=O) groups is 1. The molecule has 19 heavy (non-hydrogen) atoms. The number of carbonyl (C=O) groups excluding carboxylic acids is 1. The van der Waals surface area contributed by atoms with Crippen molar-refractivity contribution in [3.8, 4) is 0 Å². The van der Waals surface area contributed by atoms with Crippen molar-refractivity contribution in [2.45, 2.75) is 46.2 Å². The highest BCUT2D eigenvalue weighted by atomic mass is 16.1. The van der Waals surface area contributed by atoms with Gasteiger partial charge in [0.1, 0.15) is 0 Å². The Labute approximate surface area is 115 Å². The van der Waals surface area contributed by atoms with Crippen molar-refractivity contribution in [3.05, 3.63) is 34.9 Å². The first-order chi connectivity index (χ1) is 9.00. The van der Waals surface area contributed by atoms with E-state index in [1.54, 1.807) is 0 Å². The molecule has 1 aliphatic heterocycles. The molecule has 1 fully saturated rings. The third-order valence-corrected chi connectivity index (χ3v) is 4.36. The smallest absolute Gasteiger partial charge is 0.251 e. The summed E-state index contributed by atoms with van der Waals surface area (Å²) in [5.41, 5.74) is 3.03. The molecule has 0 spiro atoms. The third kappa shape index (κ3) is 2.98. The predicted molar refractivity (Wildman–Crippen MR) is 78.4 cm³/mol. The van der Waals surface area contributed by atoms with Gasteiger partial charge in [-0.2, -0.15) is 0 Å². The molecule has 1 aliphatic rings. The van der Waals surface area contributed by atoms with Gasteiger partial charge in [0.15, 0.2) is 0 Å². The Bertz CT molecular complexity index is 460. The SMILES string of the molecule is Cc1cccc(C(=O)NC2C(C)CCNC2C)c1C. The maximum atomic E-state index is 12.4. The third-order valence-electron chi connectivity index (χ3n) is 4.36. The van der Waals surface area contributed by atoms with Gasteiger partial charge < -0.3 is 10.6 Å². The zero-order valence-corrected chi connectivity index (χ0v) is 12.3. The molecule has 3 unspecified atom stereocenters. The highest BCUT2D eigenvalue weighted by Gasteiger charge is 2.29. The lowest BCUT2D eigenvalue weighted by molar-refractivity contribution is 0.0897. The van der Waals surface area contributed by atoms with Crippen molar-refractivity contribution in [3.63, 3.8) is 0 Å². The molecule has 3 heteroatoms. The van der Waals surface area contributed by atoms with Crippen molar-refractivity contribution in [1.29, 1.82) is 0 Å². The molecule has 0 saturated carbocycles. The van der Waals surface area contributed by atoms with E-state index < -0.39 is 0 Å². The van der Waals surface area contributed by atoms with Gasteiger partial charge in [0, 0.05) is 17.6 Å². The van der Waals surface area contributed by atoms with Crippen LogP contribution in [0.3, 0.4) is 0 Å². The maximum Gasteiger partial charge on any atom is 0.251 e. The van der Waals surface area contributed by atoms with E-state index in [2.05, 4.69) is 24.5 Å². The van der Waals surface area contributed by atoms with Crippen molar-refractivity contribution < 1.29 is 4.79 Å². The lowest BCUT2D eigenvalue weighted by Crippen LogP contribution is -2.56. The number of rotatable bonds is 2. The van der Waals surface area contributed by atoms with Gasteiger partial charge in [-0.05, 0) is 56.8 Å². The summed E-state index contributed by atoms with van der Waals surface area (Å²) in [6, 6.07) is 6.44. The summed E-state index contributed by atoms with van der Waals surface area (Å²) in [6.07, 6.45) is 1.11. The van der Waals surface area contributed by atoms with E-state index in [0.717, 1.165) is 29.7 Å². The second-order valence-corrected chi connectivity index (χ2v) is 5.76. The molecule has 0 aromatic heterocycles. The molecule has 1 aromatic rings. The molecule has 1 aromatic carbocycles. The molecule has 2 N–H and O–H groups in total. The van der Waals surface area contributed by atoms with E-state index in [1.807, 2.05) is 32.0 Å². The molecular weight excluding hydrogens is 236 g/mol. The van der Waals surface area contributed by atoms with Crippen LogP contribution in [0.25, 0.3) is 0 Å². The van der Waals surface area contributed by atoms with Crippen LogP contribution in [0, 0.1) is 19.8 Å². The van der Waals surface area contributed by atoms with Crippen LogP contribution in [-0.4, -0.2) is 24.5 Å². The molecule has 3 atom stereocenters. The fourth-order valence-electron chi connectivity index (χ4n) is 2.83. The Morgan fingerprint density at radius 1 is 1.32 bits per heavy atom. The fraction of sp³-hybridized carbons (Fsp3) is 0.562. The number of aryl methyl sites for hydroxylation is 1. The topological polar surface area (TPSA) is 41.1 Å². The molecule has 0 radical (unpaired) electrons. The monoisotopic (exact) mass is 260 g/mol. The van der Waals surface area contributed by atoms with E-state index in [9.17, 15) is 4.79 Å². The number of amides is 1. The molecular formula is C16H24N2O.